The number of hydrogen-bond donors (Lipinski definition) is 1. The van der Waals surface area contributed by atoms with Gasteiger partial charge in [0.2, 0.25) is 0 Å². The van der Waals surface area contributed by atoms with Crippen LogP contribution in [0.2, 0.25) is 0 Å². The Balaban J connectivity index is 1.34. The number of nitrogens with zero attached hydrogens (tertiary/aromatic N) is 3. The molecule has 1 aromatic heterocycles. The molecular weight excluding hydrogens is 572 g/mol. The fraction of sp³-hybridized carbons (Fsp3) is 0.357. The Labute approximate surface area is 236 Å². The van der Waals surface area contributed by atoms with Gasteiger partial charge in [-0.15, -0.1) is 11.8 Å². The van der Waals surface area contributed by atoms with Gasteiger partial charge in [0.05, 0.1) is 36.1 Å². The average molecular weight is 600 g/mol. The van der Waals surface area contributed by atoms with Crippen molar-refractivity contribution in [3.8, 4) is 0 Å². The molecule has 4 rings (SSSR count). The van der Waals surface area contributed by atoms with Gasteiger partial charge in [-0.05, 0) is 41.5 Å². The molecule has 41 heavy (non-hydrogen) atoms. The Kier molecular flexibility index (Phi) is 9.62. The van der Waals surface area contributed by atoms with Crippen LogP contribution in [0.25, 0.3) is 6.08 Å². The third-order valence-electron chi connectivity index (χ3n) is 6.45. The van der Waals surface area contributed by atoms with Crippen molar-refractivity contribution in [2.24, 2.45) is 0 Å². The second kappa shape index (κ2) is 12.8. The molecule has 0 spiro atoms. The van der Waals surface area contributed by atoms with Crippen molar-refractivity contribution < 1.29 is 40.9 Å². The molecule has 1 N–H and O–H groups in total. The van der Waals surface area contributed by atoms with Gasteiger partial charge in [-0.2, -0.15) is 31.4 Å². The molecule has 0 saturated carbocycles. The molecule has 2 atom stereocenters. The lowest BCUT2D eigenvalue weighted by molar-refractivity contribution is -0.146. The zero-order chi connectivity index (χ0) is 29.7. The minimum atomic E-state index is -4.50. The van der Waals surface area contributed by atoms with Crippen molar-refractivity contribution in [2.75, 3.05) is 13.2 Å². The molecular formula is C28H27F6N3O3S. The average Bonchev–Trinajstić information content (AvgIpc) is 3.44. The van der Waals surface area contributed by atoms with E-state index in [0.29, 0.717) is 24.3 Å². The maximum Gasteiger partial charge on any atom is 0.416 e. The number of ether oxygens (including phenoxy) is 2. The minimum Gasteiger partial charge on any atom is -0.382 e. The van der Waals surface area contributed by atoms with E-state index in [0.717, 1.165) is 24.3 Å². The van der Waals surface area contributed by atoms with Crippen molar-refractivity contribution in [1.29, 1.82) is 0 Å². The first-order chi connectivity index (χ1) is 19.3. The molecule has 6 nitrogen and oxygen atoms in total. The monoisotopic (exact) mass is 599 g/mol. The molecule has 0 radical (unpaired) electrons. The van der Waals surface area contributed by atoms with E-state index in [-0.39, 0.29) is 11.8 Å². The largest absolute Gasteiger partial charge is 0.416 e. The fourth-order valence-electron chi connectivity index (χ4n) is 4.16. The van der Waals surface area contributed by atoms with Gasteiger partial charge in [0.25, 0.3) is 0 Å². The van der Waals surface area contributed by atoms with Gasteiger partial charge in [0, 0.05) is 5.25 Å². The molecule has 1 aliphatic heterocycles. The Morgan fingerprint density at radius 3 is 2.02 bits per heavy atom. The summed E-state index contributed by atoms with van der Waals surface area (Å²) in [6, 6.07) is 9.19. The lowest BCUT2D eigenvalue weighted by atomic mass is 9.90. The van der Waals surface area contributed by atoms with Crippen LogP contribution in [-0.4, -0.2) is 49.9 Å². The number of aromatic nitrogens is 3. The Hall–Kier alpha value is -3.13. The fourth-order valence-corrected chi connectivity index (χ4v) is 5.49. The first kappa shape index (κ1) is 30.8. The number of aliphatic hydroxyl groups is 1. The zero-order valence-electron chi connectivity index (χ0n) is 21.7. The van der Waals surface area contributed by atoms with Crippen LogP contribution in [-0.2, 0) is 34.0 Å². The van der Waals surface area contributed by atoms with E-state index < -0.39 is 40.6 Å². The molecule has 2 heterocycles. The predicted octanol–water partition coefficient (Wildman–Crippen LogP) is 6.34. The van der Waals surface area contributed by atoms with Crippen LogP contribution in [0, 0.1) is 0 Å². The summed E-state index contributed by atoms with van der Waals surface area (Å²) in [6.07, 6.45) is -0.157. The molecule has 2 aromatic carbocycles. The number of rotatable bonds is 9. The summed E-state index contributed by atoms with van der Waals surface area (Å²) in [5.41, 5.74) is -2.20. The Bertz CT molecular complexity index is 1300. The highest BCUT2D eigenvalue weighted by atomic mass is 32.2. The molecule has 0 amide bonds. The summed E-state index contributed by atoms with van der Waals surface area (Å²) >= 11 is 1.38. The first-order valence-corrected chi connectivity index (χ1v) is 13.4. The number of allylic oxidation sites excluding steroid dienone is 2. The van der Waals surface area contributed by atoms with E-state index >= 15 is 0 Å². The van der Waals surface area contributed by atoms with Crippen LogP contribution in [0.4, 0.5) is 26.3 Å². The number of alkyl halides is 6. The van der Waals surface area contributed by atoms with Gasteiger partial charge in [-0.1, -0.05) is 49.4 Å². The topological polar surface area (TPSA) is 69.4 Å². The van der Waals surface area contributed by atoms with Gasteiger partial charge in [0.15, 0.2) is 6.29 Å². The second-order valence-corrected chi connectivity index (χ2v) is 11.0. The summed E-state index contributed by atoms with van der Waals surface area (Å²) in [4.78, 5) is 3.88. The zero-order valence-corrected chi connectivity index (χ0v) is 22.5. The van der Waals surface area contributed by atoms with Gasteiger partial charge >= 0.3 is 12.4 Å². The summed E-state index contributed by atoms with van der Waals surface area (Å²) in [5, 5.41) is 15.1. The predicted molar refractivity (Wildman–Crippen MR) is 142 cm³/mol. The Morgan fingerprint density at radius 1 is 0.927 bits per heavy atom. The SMILES string of the molecule is C[C@@H](S[C@H]1CO[C@H](/C=C/C=C/c2ccc(C(F)(F)F)cc2)OC1)[C@](O)(Cn1cncn1)c1ccc(C(F)(F)F)cc1. The number of halogens is 6. The van der Waals surface area contributed by atoms with Gasteiger partial charge in [0.1, 0.15) is 18.3 Å². The lowest BCUT2D eigenvalue weighted by Crippen LogP contribution is -2.43. The normalized spacial score (nSPS) is 20.9. The van der Waals surface area contributed by atoms with Crippen LogP contribution in [0.5, 0.6) is 0 Å². The van der Waals surface area contributed by atoms with Crippen molar-refractivity contribution in [3.63, 3.8) is 0 Å². The first-order valence-electron chi connectivity index (χ1n) is 12.5. The van der Waals surface area contributed by atoms with E-state index in [1.807, 2.05) is 0 Å². The van der Waals surface area contributed by atoms with E-state index in [1.165, 1.54) is 53.4 Å². The smallest absolute Gasteiger partial charge is 0.382 e. The minimum absolute atomic E-state index is 0.0302. The molecule has 1 fully saturated rings. The molecule has 0 bridgehead atoms. The maximum atomic E-state index is 13.1. The van der Waals surface area contributed by atoms with Crippen molar-refractivity contribution in [1.82, 2.24) is 14.8 Å². The number of hydrogen-bond acceptors (Lipinski definition) is 6. The van der Waals surface area contributed by atoms with Crippen molar-refractivity contribution in [3.05, 3.63) is 102 Å². The number of thioether (sulfide) groups is 1. The van der Waals surface area contributed by atoms with E-state index in [4.69, 9.17) is 9.47 Å². The molecule has 0 aliphatic carbocycles. The molecule has 220 valence electrons. The highest BCUT2D eigenvalue weighted by Gasteiger charge is 2.40. The van der Waals surface area contributed by atoms with Crippen LogP contribution < -0.4 is 0 Å². The molecule has 1 aliphatic rings. The molecule has 0 unspecified atom stereocenters. The summed E-state index contributed by atoms with van der Waals surface area (Å²) < 4.78 is 90.2. The van der Waals surface area contributed by atoms with Crippen LogP contribution in [0.15, 0.2) is 79.4 Å². The van der Waals surface area contributed by atoms with Crippen LogP contribution in [0.1, 0.15) is 29.2 Å². The van der Waals surface area contributed by atoms with Crippen molar-refractivity contribution >= 4 is 17.8 Å². The quantitative estimate of drug-likeness (QED) is 0.229. The second-order valence-electron chi connectivity index (χ2n) is 9.39. The van der Waals surface area contributed by atoms with Crippen LogP contribution >= 0.6 is 11.8 Å². The number of benzene rings is 2. The van der Waals surface area contributed by atoms with Crippen molar-refractivity contribution in [2.45, 2.75) is 48.2 Å². The summed E-state index contributed by atoms with van der Waals surface area (Å²) in [6.45, 7) is 2.33. The summed E-state index contributed by atoms with van der Waals surface area (Å²) in [5.74, 6) is 0. The van der Waals surface area contributed by atoms with Crippen LogP contribution in [0.3, 0.4) is 0 Å². The Morgan fingerprint density at radius 2 is 1.49 bits per heavy atom. The highest BCUT2D eigenvalue weighted by Crippen LogP contribution is 2.39. The molecule has 13 heteroatoms. The van der Waals surface area contributed by atoms with E-state index in [1.54, 1.807) is 31.2 Å². The standard InChI is InChI=1S/C28H27F6N3O3S/c1-19(26(38,16-37-18-35-17-36-37)21-10-12-23(13-11-21)28(32,33)34)41-24-14-39-25(40-15-24)5-3-2-4-20-6-8-22(9-7-20)27(29,30)31/h2-13,17-19,24-25,38H,14-16H2,1H3/b4-2+,5-3+/t19-,24-,25-,26-/m1/s1. The van der Waals surface area contributed by atoms with E-state index in [2.05, 4.69) is 10.1 Å². The van der Waals surface area contributed by atoms with E-state index in [9.17, 15) is 31.4 Å². The molecule has 1 saturated heterocycles. The highest BCUT2D eigenvalue weighted by molar-refractivity contribution is 8.00. The van der Waals surface area contributed by atoms with Gasteiger partial charge < -0.3 is 14.6 Å². The third-order valence-corrected chi connectivity index (χ3v) is 7.90. The van der Waals surface area contributed by atoms with Gasteiger partial charge in [-0.25, -0.2) is 9.67 Å². The van der Waals surface area contributed by atoms with Gasteiger partial charge in [-0.3, -0.25) is 0 Å². The third kappa shape index (κ3) is 8.22. The lowest BCUT2D eigenvalue weighted by Gasteiger charge is -2.37. The maximum absolute atomic E-state index is 13.1. The molecule has 3 aromatic rings. The summed E-state index contributed by atoms with van der Waals surface area (Å²) in [7, 11) is 0.